The van der Waals surface area contributed by atoms with Crippen LogP contribution < -0.4 is 10.6 Å². The summed E-state index contributed by atoms with van der Waals surface area (Å²) in [6, 6.07) is 0.892. The number of aliphatic hydroxyl groups is 2. The second-order valence-electron chi connectivity index (χ2n) is 15.9. The van der Waals surface area contributed by atoms with Crippen LogP contribution in [-0.2, 0) is 0 Å². The van der Waals surface area contributed by atoms with E-state index >= 15 is 0 Å². The topological polar surface area (TPSA) is 97.7 Å². The molecule has 9 atom stereocenters. The zero-order valence-electron chi connectivity index (χ0n) is 35.3. The van der Waals surface area contributed by atoms with Crippen molar-refractivity contribution in [2.75, 3.05) is 79.5 Å². The molecule has 3 heterocycles. The Morgan fingerprint density at radius 2 is 1.56 bits per heavy atom. The second-order valence-corrected chi connectivity index (χ2v) is 16.5. The number of allylic oxidation sites excluding steroid dienone is 1. The minimum absolute atomic E-state index is 0.134. The molecule has 0 spiro atoms. The second kappa shape index (κ2) is 29.9. The van der Waals surface area contributed by atoms with E-state index < -0.39 is 6.23 Å². The fourth-order valence-electron chi connectivity index (χ4n) is 8.48. The average molecular weight is 760 g/mol. The largest absolute Gasteiger partial charge is 0.378 e. The maximum Gasteiger partial charge on any atom is 0.141 e. The molecule has 310 valence electrons. The molecule has 0 amide bonds. The van der Waals surface area contributed by atoms with Gasteiger partial charge in [-0.1, -0.05) is 73.3 Å². The van der Waals surface area contributed by atoms with Gasteiger partial charge in [-0.15, -0.1) is 18.2 Å². The molecule has 9 nitrogen and oxygen atoms in total. The van der Waals surface area contributed by atoms with E-state index in [0.29, 0.717) is 19.0 Å². The summed E-state index contributed by atoms with van der Waals surface area (Å²) in [6.45, 7) is 26.7. The van der Waals surface area contributed by atoms with Crippen LogP contribution in [0, 0.1) is 29.6 Å². The minimum atomic E-state index is -0.846. The van der Waals surface area contributed by atoms with Crippen LogP contribution in [0.2, 0.25) is 0 Å². The van der Waals surface area contributed by atoms with Gasteiger partial charge in [0, 0.05) is 70.3 Å². The van der Waals surface area contributed by atoms with Crippen molar-refractivity contribution in [1.29, 1.82) is 0 Å². The quantitative estimate of drug-likeness (QED) is 0.0550. The lowest BCUT2D eigenvalue weighted by Crippen LogP contribution is -2.46. The van der Waals surface area contributed by atoms with Crippen molar-refractivity contribution in [3.05, 3.63) is 12.7 Å². The molecule has 5 rings (SSSR count). The number of alkyl halides is 1. The first kappa shape index (κ1) is 49.7. The van der Waals surface area contributed by atoms with Gasteiger partial charge in [-0.25, -0.2) is 0 Å². The molecule has 3 aliphatic heterocycles. The van der Waals surface area contributed by atoms with Gasteiger partial charge in [-0.2, -0.15) is 5.06 Å². The first-order valence-corrected chi connectivity index (χ1v) is 22.1. The number of nitrogens with one attached hydrogen (secondary N) is 2. The van der Waals surface area contributed by atoms with Crippen molar-refractivity contribution >= 4 is 11.6 Å². The number of likely N-dealkylation sites (N-methyl/N-ethyl adjacent to an activating group) is 2. The van der Waals surface area contributed by atoms with E-state index in [0.717, 1.165) is 74.1 Å². The number of rotatable bonds is 14. The third kappa shape index (κ3) is 19.5. The van der Waals surface area contributed by atoms with Crippen LogP contribution in [0.3, 0.4) is 0 Å². The molecule has 0 bridgehead atoms. The normalized spacial score (nSPS) is 29.8. The monoisotopic (exact) mass is 759 g/mol. The lowest BCUT2D eigenvalue weighted by atomic mass is 9.81. The maximum atomic E-state index is 10.5. The summed E-state index contributed by atoms with van der Waals surface area (Å²) in [6.07, 6.45) is 16.8. The number of halogens is 1. The van der Waals surface area contributed by atoms with E-state index in [-0.39, 0.29) is 17.5 Å². The molecule has 5 N–H and O–H groups in total. The van der Waals surface area contributed by atoms with Gasteiger partial charge in [0.2, 0.25) is 0 Å². The van der Waals surface area contributed by atoms with Crippen LogP contribution in [-0.4, -0.2) is 139 Å². The summed E-state index contributed by atoms with van der Waals surface area (Å²) in [5, 5.41) is 37.1. The van der Waals surface area contributed by atoms with Crippen molar-refractivity contribution < 1.29 is 15.4 Å². The van der Waals surface area contributed by atoms with E-state index in [2.05, 4.69) is 52.8 Å². The van der Waals surface area contributed by atoms with Crippen molar-refractivity contribution in [3.63, 3.8) is 0 Å². The van der Waals surface area contributed by atoms with Gasteiger partial charge in [-0.3, -0.25) is 4.90 Å². The van der Waals surface area contributed by atoms with E-state index in [4.69, 9.17) is 11.6 Å². The highest BCUT2D eigenvalue weighted by atomic mass is 35.5. The summed E-state index contributed by atoms with van der Waals surface area (Å²) >= 11 is 6.17. The highest BCUT2D eigenvalue weighted by molar-refractivity contribution is 6.20. The summed E-state index contributed by atoms with van der Waals surface area (Å²) in [4.78, 5) is 7.29. The zero-order valence-corrected chi connectivity index (χ0v) is 36.0. The molecular formula is C42H87ClN6O3. The number of piperazine rings is 1. The fraction of sp³-hybridized carbons (Fsp3) is 0.952. The smallest absolute Gasteiger partial charge is 0.141 e. The summed E-state index contributed by atoms with van der Waals surface area (Å²) in [7, 11) is 3.95. The Morgan fingerprint density at radius 1 is 0.904 bits per heavy atom. The number of nitrogens with zero attached hydrogens (tertiary/aromatic N) is 4. The third-order valence-corrected chi connectivity index (χ3v) is 12.4. The van der Waals surface area contributed by atoms with Gasteiger partial charge in [0.25, 0.3) is 0 Å². The van der Waals surface area contributed by atoms with Crippen LogP contribution in [0.1, 0.15) is 125 Å². The lowest BCUT2D eigenvalue weighted by molar-refractivity contribution is -0.201. The van der Waals surface area contributed by atoms with E-state index in [1.807, 2.05) is 33.8 Å². The van der Waals surface area contributed by atoms with Crippen LogP contribution in [0.15, 0.2) is 12.7 Å². The van der Waals surface area contributed by atoms with Gasteiger partial charge in [0.1, 0.15) is 12.5 Å². The Hall–Kier alpha value is -0.330. The molecule has 5 fully saturated rings. The van der Waals surface area contributed by atoms with Crippen molar-refractivity contribution in [3.8, 4) is 0 Å². The van der Waals surface area contributed by atoms with E-state index in [1.165, 1.54) is 90.6 Å². The van der Waals surface area contributed by atoms with Crippen LogP contribution in [0.4, 0.5) is 0 Å². The van der Waals surface area contributed by atoms with Crippen LogP contribution >= 0.6 is 11.6 Å². The Bertz CT molecular complexity index is 851. The first-order chi connectivity index (χ1) is 25.1. The Kier molecular flexibility index (Phi) is 28.6. The molecule has 0 radical (unpaired) electrons. The first-order valence-electron chi connectivity index (χ1n) is 21.7. The fourth-order valence-corrected chi connectivity index (χ4v) is 8.84. The van der Waals surface area contributed by atoms with Gasteiger partial charge in [0.05, 0.1) is 0 Å². The summed E-state index contributed by atoms with van der Waals surface area (Å²) in [5.74, 6) is 3.69. The van der Waals surface area contributed by atoms with Crippen molar-refractivity contribution in [2.24, 2.45) is 29.6 Å². The highest BCUT2D eigenvalue weighted by Gasteiger charge is 2.34. The SMILES string of the molecule is C=CCCC(CCC(O)N1CCC(C)C1)CN1CCN(C)CC1.CC.CC.CC1CNC2CCCCC12.CNCC(O)N(O)CC1CCCCC1Cl. The Morgan fingerprint density at radius 3 is 2.15 bits per heavy atom. The molecule has 0 aromatic rings. The number of likely N-dealkylation sites (tertiary alicyclic amines) is 1. The Balaban J connectivity index is 0.000000399. The molecule has 0 aromatic heterocycles. The number of hydroxylamine groups is 2. The molecular weight excluding hydrogens is 672 g/mol. The molecule has 5 aliphatic rings. The lowest BCUT2D eigenvalue weighted by Gasteiger charge is -2.35. The average Bonchev–Trinajstić information content (AvgIpc) is 3.78. The molecule has 2 aliphatic carbocycles. The Labute approximate surface area is 327 Å². The van der Waals surface area contributed by atoms with Crippen LogP contribution in [0.25, 0.3) is 0 Å². The highest BCUT2D eigenvalue weighted by Crippen LogP contribution is 2.34. The summed E-state index contributed by atoms with van der Waals surface area (Å²) in [5.41, 5.74) is 0. The van der Waals surface area contributed by atoms with Crippen LogP contribution in [0.5, 0.6) is 0 Å². The zero-order chi connectivity index (χ0) is 38.9. The molecule has 3 saturated heterocycles. The number of hydrogen-bond donors (Lipinski definition) is 5. The van der Waals surface area contributed by atoms with Crippen molar-refractivity contribution in [1.82, 2.24) is 30.4 Å². The molecule has 52 heavy (non-hydrogen) atoms. The van der Waals surface area contributed by atoms with E-state index in [1.54, 1.807) is 7.05 Å². The molecule has 0 aromatic carbocycles. The van der Waals surface area contributed by atoms with Gasteiger partial charge in [0.15, 0.2) is 0 Å². The van der Waals surface area contributed by atoms with E-state index in [9.17, 15) is 15.4 Å². The van der Waals surface area contributed by atoms with Gasteiger partial charge < -0.3 is 35.9 Å². The predicted octanol–water partition coefficient (Wildman–Crippen LogP) is 7.11. The third-order valence-electron chi connectivity index (χ3n) is 11.8. The predicted molar refractivity (Wildman–Crippen MR) is 223 cm³/mol. The maximum absolute atomic E-state index is 10.5. The minimum Gasteiger partial charge on any atom is -0.378 e. The number of aliphatic hydroxyl groups excluding tert-OH is 2. The van der Waals surface area contributed by atoms with Crippen molar-refractivity contribution in [2.45, 2.75) is 149 Å². The molecule has 9 unspecified atom stereocenters. The molecule has 2 saturated carbocycles. The standard InChI is InChI=1S/C19H37N3O.C10H21ClN2O2.C9H17N.2C2H6/c1-4-5-6-18(16-21-13-11-20(3)12-14-21)7-8-19(23)22-10-9-17(2)15-22;1-12-6-10(14)13(15)7-8-4-2-3-5-9(8)11;1-7-6-10-9-5-3-2-4-8(7)9;2*1-2/h4,17-19,23H,1,5-16H2,2-3H3;8-10,12,14-15H,2-7H2,1H3;7-10H,2-6H2,1H3;2*1-2H3. The number of hydrogen-bond acceptors (Lipinski definition) is 9. The summed E-state index contributed by atoms with van der Waals surface area (Å²) < 4.78 is 0. The van der Waals surface area contributed by atoms with Gasteiger partial charge >= 0.3 is 0 Å². The molecule has 10 heteroatoms. The number of fused-ring (bicyclic) bond motifs is 1. The van der Waals surface area contributed by atoms with Gasteiger partial charge in [-0.05, 0) is 108 Å².